The van der Waals surface area contributed by atoms with E-state index < -0.39 is 0 Å². The Balaban J connectivity index is 1.70. The van der Waals surface area contributed by atoms with Crippen molar-refractivity contribution < 1.29 is 4.79 Å². The first-order valence-electron chi connectivity index (χ1n) is 7.28. The number of carbonyl (C=O) groups excluding carboxylic acids is 1. The van der Waals surface area contributed by atoms with Crippen LogP contribution in [0.4, 0.5) is 0 Å². The van der Waals surface area contributed by atoms with Gasteiger partial charge in [0.2, 0.25) is 5.91 Å². The molecule has 3 atom stereocenters. The predicted molar refractivity (Wildman–Crippen MR) is 73.1 cm³/mol. The van der Waals surface area contributed by atoms with Crippen LogP contribution >= 0.6 is 0 Å². The summed E-state index contributed by atoms with van der Waals surface area (Å²) >= 11 is 0. The van der Waals surface area contributed by atoms with Gasteiger partial charge < -0.3 is 16.0 Å². The fourth-order valence-corrected chi connectivity index (χ4v) is 3.42. The van der Waals surface area contributed by atoms with E-state index >= 15 is 0 Å². The SMILES string of the molecule is CC(CN)CC(=O)NCC1CC2CCC(C1)N2C. The van der Waals surface area contributed by atoms with Crippen LogP contribution in [0.2, 0.25) is 0 Å². The maximum atomic E-state index is 11.7. The first kappa shape index (κ1) is 13.8. The predicted octanol–water partition coefficient (Wildman–Crippen LogP) is 0.960. The lowest BCUT2D eigenvalue weighted by Crippen LogP contribution is -2.43. The van der Waals surface area contributed by atoms with Crippen LogP contribution in [0, 0.1) is 11.8 Å². The maximum Gasteiger partial charge on any atom is 0.220 e. The molecule has 0 aromatic heterocycles. The fraction of sp³-hybridized carbons (Fsp3) is 0.929. The summed E-state index contributed by atoms with van der Waals surface area (Å²) in [5, 5.41) is 3.09. The van der Waals surface area contributed by atoms with Crippen LogP contribution in [-0.2, 0) is 4.79 Å². The summed E-state index contributed by atoms with van der Waals surface area (Å²) in [6, 6.07) is 1.52. The Kier molecular flexibility index (Phi) is 4.62. The zero-order chi connectivity index (χ0) is 13.1. The van der Waals surface area contributed by atoms with Crippen molar-refractivity contribution in [2.45, 2.75) is 51.1 Å². The van der Waals surface area contributed by atoms with E-state index in [0.717, 1.165) is 18.6 Å². The summed E-state index contributed by atoms with van der Waals surface area (Å²) in [5.74, 6) is 1.13. The van der Waals surface area contributed by atoms with Crippen molar-refractivity contribution in [3.05, 3.63) is 0 Å². The van der Waals surface area contributed by atoms with Gasteiger partial charge in [-0.25, -0.2) is 0 Å². The average molecular weight is 253 g/mol. The van der Waals surface area contributed by atoms with Gasteiger partial charge in [-0.1, -0.05) is 6.92 Å². The second-order valence-corrected chi connectivity index (χ2v) is 6.24. The number of nitrogens with zero attached hydrogens (tertiary/aromatic N) is 1. The highest BCUT2D eigenvalue weighted by atomic mass is 16.1. The van der Waals surface area contributed by atoms with E-state index in [4.69, 9.17) is 5.73 Å². The summed E-state index contributed by atoms with van der Waals surface area (Å²) in [5.41, 5.74) is 5.53. The van der Waals surface area contributed by atoms with Crippen molar-refractivity contribution in [1.29, 1.82) is 0 Å². The lowest BCUT2D eigenvalue weighted by atomic mass is 9.91. The number of amides is 1. The van der Waals surface area contributed by atoms with E-state index in [1.807, 2.05) is 6.92 Å². The van der Waals surface area contributed by atoms with Gasteiger partial charge in [-0.15, -0.1) is 0 Å². The van der Waals surface area contributed by atoms with Crippen molar-refractivity contribution in [3.63, 3.8) is 0 Å². The Morgan fingerprint density at radius 2 is 2.00 bits per heavy atom. The molecule has 18 heavy (non-hydrogen) atoms. The second-order valence-electron chi connectivity index (χ2n) is 6.24. The molecule has 1 amide bonds. The molecule has 0 aromatic carbocycles. The summed E-state index contributed by atoms with van der Waals surface area (Å²) in [6.07, 6.45) is 5.75. The number of fused-ring (bicyclic) bond motifs is 2. The van der Waals surface area contributed by atoms with Crippen LogP contribution in [0.15, 0.2) is 0 Å². The minimum absolute atomic E-state index is 0.166. The molecule has 0 aliphatic carbocycles. The monoisotopic (exact) mass is 253 g/mol. The Bertz CT molecular complexity index is 281. The highest BCUT2D eigenvalue weighted by Gasteiger charge is 2.38. The van der Waals surface area contributed by atoms with Crippen molar-refractivity contribution in [3.8, 4) is 0 Å². The molecule has 4 nitrogen and oxygen atoms in total. The van der Waals surface area contributed by atoms with Gasteiger partial charge in [0.25, 0.3) is 0 Å². The third-order valence-corrected chi connectivity index (χ3v) is 4.72. The molecule has 2 saturated heterocycles. The van der Waals surface area contributed by atoms with Gasteiger partial charge in [0, 0.05) is 25.0 Å². The van der Waals surface area contributed by atoms with Crippen molar-refractivity contribution in [1.82, 2.24) is 10.2 Å². The minimum Gasteiger partial charge on any atom is -0.356 e. The molecule has 3 N–H and O–H groups in total. The number of nitrogens with two attached hydrogens (primary N) is 1. The van der Waals surface area contributed by atoms with Crippen molar-refractivity contribution >= 4 is 5.91 Å². The maximum absolute atomic E-state index is 11.7. The van der Waals surface area contributed by atoms with Crippen LogP contribution in [0.1, 0.15) is 39.0 Å². The average Bonchev–Trinajstić information content (AvgIpc) is 2.58. The van der Waals surface area contributed by atoms with Gasteiger partial charge in [-0.05, 0) is 51.1 Å². The molecule has 104 valence electrons. The molecule has 0 radical (unpaired) electrons. The van der Waals surface area contributed by atoms with Gasteiger partial charge in [0.1, 0.15) is 0 Å². The van der Waals surface area contributed by atoms with Crippen molar-refractivity contribution in [2.24, 2.45) is 17.6 Å². The molecule has 2 aliphatic heterocycles. The van der Waals surface area contributed by atoms with E-state index in [-0.39, 0.29) is 5.91 Å². The first-order valence-corrected chi connectivity index (χ1v) is 7.28. The molecule has 3 unspecified atom stereocenters. The largest absolute Gasteiger partial charge is 0.356 e. The molecule has 4 heteroatoms. The van der Waals surface area contributed by atoms with Gasteiger partial charge in [-0.3, -0.25) is 4.79 Å². The van der Waals surface area contributed by atoms with Crippen LogP contribution in [-0.4, -0.2) is 43.0 Å². The summed E-state index contributed by atoms with van der Waals surface area (Å²) in [4.78, 5) is 14.3. The lowest BCUT2D eigenvalue weighted by molar-refractivity contribution is -0.122. The lowest BCUT2D eigenvalue weighted by Gasteiger charge is -2.36. The van der Waals surface area contributed by atoms with E-state index in [2.05, 4.69) is 17.3 Å². The van der Waals surface area contributed by atoms with E-state index in [0.29, 0.717) is 24.8 Å². The third-order valence-electron chi connectivity index (χ3n) is 4.72. The molecule has 2 rings (SSSR count). The van der Waals surface area contributed by atoms with Gasteiger partial charge in [0.15, 0.2) is 0 Å². The number of hydrogen-bond donors (Lipinski definition) is 2. The smallest absolute Gasteiger partial charge is 0.220 e. The number of nitrogens with one attached hydrogen (secondary N) is 1. The Morgan fingerprint density at radius 3 is 2.56 bits per heavy atom. The molecule has 0 saturated carbocycles. The Hall–Kier alpha value is -0.610. The summed E-state index contributed by atoms with van der Waals surface area (Å²) < 4.78 is 0. The van der Waals surface area contributed by atoms with E-state index in [1.165, 1.54) is 25.7 Å². The number of hydrogen-bond acceptors (Lipinski definition) is 3. The molecule has 2 bridgehead atoms. The second kappa shape index (κ2) is 6.02. The van der Waals surface area contributed by atoms with Crippen LogP contribution < -0.4 is 11.1 Å². The van der Waals surface area contributed by atoms with Crippen LogP contribution in [0.5, 0.6) is 0 Å². The van der Waals surface area contributed by atoms with Crippen LogP contribution in [0.25, 0.3) is 0 Å². The van der Waals surface area contributed by atoms with Crippen LogP contribution in [0.3, 0.4) is 0 Å². The summed E-state index contributed by atoms with van der Waals surface area (Å²) in [6.45, 7) is 3.47. The number of rotatable bonds is 5. The van der Waals surface area contributed by atoms with E-state index in [1.54, 1.807) is 0 Å². The Morgan fingerprint density at radius 1 is 1.39 bits per heavy atom. The molecular formula is C14H27N3O. The normalized spacial score (nSPS) is 33.4. The number of carbonyl (C=O) groups is 1. The molecule has 2 fully saturated rings. The molecule has 0 spiro atoms. The highest BCUT2D eigenvalue weighted by molar-refractivity contribution is 5.76. The standard InChI is InChI=1S/C14H27N3O/c1-10(8-15)5-14(18)16-9-11-6-12-3-4-13(7-11)17(12)2/h10-13H,3-9,15H2,1-2H3,(H,16,18). The van der Waals surface area contributed by atoms with Gasteiger partial charge >= 0.3 is 0 Å². The summed E-state index contributed by atoms with van der Waals surface area (Å²) in [7, 11) is 2.25. The first-order chi connectivity index (χ1) is 8.60. The van der Waals surface area contributed by atoms with Gasteiger partial charge in [-0.2, -0.15) is 0 Å². The Labute approximate surface area is 110 Å². The van der Waals surface area contributed by atoms with E-state index in [9.17, 15) is 4.79 Å². The molecule has 2 heterocycles. The zero-order valence-electron chi connectivity index (χ0n) is 11.7. The third kappa shape index (κ3) is 3.23. The van der Waals surface area contributed by atoms with Crippen molar-refractivity contribution in [2.75, 3.05) is 20.1 Å². The molecule has 2 aliphatic rings. The minimum atomic E-state index is 0.166. The van der Waals surface area contributed by atoms with Gasteiger partial charge in [0.05, 0.1) is 0 Å². The topological polar surface area (TPSA) is 58.4 Å². The molecular weight excluding hydrogens is 226 g/mol. The molecule has 0 aromatic rings. The quantitative estimate of drug-likeness (QED) is 0.767. The fourth-order valence-electron chi connectivity index (χ4n) is 3.42. The zero-order valence-corrected chi connectivity index (χ0v) is 11.7. The highest BCUT2D eigenvalue weighted by Crippen LogP contribution is 2.36. The number of piperidine rings is 1.